The van der Waals surface area contributed by atoms with Gasteiger partial charge in [-0.2, -0.15) is 5.10 Å². The normalized spacial score (nSPS) is 21.0. The van der Waals surface area contributed by atoms with E-state index >= 15 is 0 Å². The number of benzene rings is 1. The maximum atomic E-state index is 12.6. The van der Waals surface area contributed by atoms with Crippen LogP contribution in [-0.2, 0) is 0 Å². The van der Waals surface area contributed by atoms with Crippen LogP contribution in [0, 0.1) is 12.8 Å². The van der Waals surface area contributed by atoms with Crippen LogP contribution in [0.25, 0.3) is 0 Å². The molecule has 0 saturated carbocycles. The summed E-state index contributed by atoms with van der Waals surface area (Å²) in [6.07, 6.45) is 12.4. The average Bonchev–Trinajstić information content (AvgIpc) is 3.18. The molecule has 1 aliphatic carbocycles. The largest absolute Gasteiger partial charge is 0.307 e. The van der Waals surface area contributed by atoms with Gasteiger partial charge in [0.1, 0.15) is 5.82 Å². The number of hydrogen-bond donors (Lipinski definition) is 1. The first-order valence-electron chi connectivity index (χ1n) is 10.5. The molecule has 1 fully saturated rings. The number of amides is 1. The van der Waals surface area contributed by atoms with Crippen molar-refractivity contribution in [2.75, 3.05) is 25.0 Å². The second-order valence-electron chi connectivity index (χ2n) is 8.16. The lowest BCUT2D eigenvalue weighted by atomic mass is 9.93. The van der Waals surface area contributed by atoms with Crippen molar-refractivity contribution in [2.24, 2.45) is 5.92 Å². The summed E-state index contributed by atoms with van der Waals surface area (Å²) in [4.78, 5) is 15.2. The maximum Gasteiger partial charge on any atom is 0.256 e. The molecule has 0 radical (unpaired) electrons. The Kier molecular flexibility index (Phi) is 5.91. The smallest absolute Gasteiger partial charge is 0.256 e. The van der Waals surface area contributed by atoms with E-state index in [-0.39, 0.29) is 5.91 Å². The number of nitrogens with one attached hydrogen (secondary N) is 1. The molecule has 2 heterocycles. The first-order chi connectivity index (χ1) is 13.7. The fourth-order valence-corrected chi connectivity index (χ4v) is 4.33. The van der Waals surface area contributed by atoms with Gasteiger partial charge < -0.3 is 10.2 Å². The Morgan fingerprint density at radius 1 is 1.11 bits per heavy atom. The van der Waals surface area contributed by atoms with Crippen LogP contribution in [0.4, 0.5) is 5.82 Å². The summed E-state index contributed by atoms with van der Waals surface area (Å²) in [5.41, 5.74) is 1.83. The van der Waals surface area contributed by atoms with Crippen molar-refractivity contribution in [3.05, 3.63) is 59.8 Å². The van der Waals surface area contributed by atoms with Gasteiger partial charge in [0, 0.05) is 31.3 Å². The molecule has 1 unspecified atom stereocenters. The highest BCUT2D eigenvalue weighted by molar-refractivity contribution is 6.03. The number of likely N-dealkylation sites (tertiary alicyclic amines) is 1. The minimum atomic E-state index is -0.0791. The molecule has 0 spiro atoms. The van der Waals surface area contributed by atoms with Crippen molar-refractivity contribution >= 4 is 11.7 Å². The van der Waals surface area contributed by atoms with E-state index in [1.54, 1.807) is 6.20 Å². The fraction of sp³-hybridized carbons (Fsp3) is 0.478. The molecule has 28 heavy (non-hydrogen) atoms. The van der Waals surface area contributed by atoms with Gasteiger partial charge in [0.15, 0.2) is 0 Å². The highest BCUT2D eigenvalue weighted by atomic mass is 16.1. The minimum Gasteiger partial charge on any atom is -0.307 e. The number of piperidine rings is 1. The number of carbonyl (C=O) groups is 1. The van der Waals surface area contributed by atoms with Gasteiger partial charge >= 0.3 is 0 Å². The van der Waals surface area contributed by atoms with Crippen molar-refractivity contribution < 1.29 is 4.79 Å². The predicted octanol–water partition coefficient (Wildman–Crippen LogP) is 4.44. The monoisotopic (exact) mass is 378 g/mol. The zero-order chi connectivity index (χ0) is 19.3. The summed E-state index contributed by atoms with van der Waals surface area (Å²) in [5.74, 6) is 1.53. The van der Waals surface area contributed by atoms with Crippen LogP contribution in [0.3, 0.4) is 0 Å². The van der Waals surface area contributed by atoms with Crippen LogP contribution in [-0.4, -0.2) is 40.2 Å². The van der Waals surface area contributed by atoms with Crippen LogP contribution in [0.15, 0.2) is 48.7 Å². The Morgan fingerprint density at radius 3 is 2.61 bits per heavy atom. The highest BCUT2D eigenvalue weighted by Gasteiger charge is 2.25. The first kappa shape index (κ1) is 18.9. The molecule has 5 nitrogen and oxygen atoms in total. The molecule has 2 aliphatic rings. The van der Waals surface area contributed by atoms with E-state index in [2.05, 4.69) is 27.5 Å². The van der Waals surface area contributed by atoms with Gasteiger partial charge in [-0.05, 0) is 57.1 Å². The number of nitrogens with zero attached hydrogens (tertiary/aromatic N) is 3. The molecule has 1 saturated heterocycles. The van der Waals surface area contributed by atoms with E-state index in [1.807, 2.05) is 41.9 Å². The van der Waals surface area contributed by atoms with Crippen LogP contribution in [0.5, 0.6) is 0 Å². The van der Waals surface area contributed by atoms with E-state index in [4.69, 9.17) is 0 Å². The maximum absolute atomic E-state index is 12.6. The summed E-state index contributed by atoms with van der Waals surface area (Å²) in [6, 6.07) is 9.90. The number of carbonyl (C=O) groups excluding carboxylic acids is 1. The van der Waals surface area contributed by atoms with E-state index in [0.717, 1.165) is 43.2 Å². The Bertz CT molecular complexity index is 815. The number of hydrogen-bond acceptors (Lipinski definition) is 3. The van der Waals surface area contributed by atoms with E-state index in [9.17, 15) is 4.79 Å². The predicted molar refractivity (Wildman–Crippen MR) is 113 cm³/mol. The number of rotatable bonds is 5. The minimum absolute atomic E-state index is 0.0791. The molecule has 1 amide bonds. The van der Waals surface area contributed by atoms with E-state index in [1.165, 1.54) is 25.8 Å². The van der Waals surface area contributed by atoms with E-state index < -0.39 is 0 Å². The molecule has 148 valence electrons. The van der Waals surface area contributed by atoms with Gasteiger partial charge in [-0.3, -0.25) is 4.79 Å². The number of allylic oxidation sites excluding steroid dienone is 2. The molecule has 5 heteroatoms. The summed E-state index contributed by atoms with van der Waals surface area (Å²) in [6.45, 7) is 5.45. The molecule has 2 aromatic rings. The standard InChI is InChI=1S/C23H30N4O/c1-18-7-9-20(10-8-18)23(28)25-22-11-14-24-27(22)21-12-15-26(16-13-21)17-19-5-3-2-4-6-19/h2-3,7-11,14,19,21H,4-6,12-13,15-17H2,1H3,(H,25,28). The van der Waals surface area contributed by atoms with Crippen molar-refractivity contribution in [3.8, 4) is 0 Å². The van der Waals surface area contributed by atoms with Crippen molar-refractivity contribution in [1.82, 2.24) is 14.7 Å². The zero-order valence-electron chi connectivity index (χ0n) is 16.7. The van der Waals surface area contributed by atoms with Gasteiger partial charge in [0.05, 0.1) is 12.2 Å². The lowest BCUT2D eigenvalue weighted by Gasteiger charge is -2.35. The quantitative estimate of drug-likeness (QED) is 0.783. The Labute approximate surface area is 167 Å². The summed E-state index contributed by atoms with van der Waals surface area (Å²) in [5, 5.41) is 7.56. The molecule has 1 atom stereocenters. The van der Waals surface area contributed by atoms with Crippen LogP contribution >= 0.6 is 0 Å². The Morgan fingerprint density at radius 2 is 1.89 bits per heavy atom. The summed E-state index contributed by atoms with van der Waals surface area (Å²) < 4.78 is 2.01. The topological polar surface area (TPSA) is 50.2 Å². The number of aryl methyl sites for hydroxylation is 1. The Balaban J connectivity index is 1.33. The molecule has 1 aromatic heterocycles. The molecule has 1 aromatic carbocycles. The van der Waals surface area contributed by atoms with Gasteiger partial charge in [-0.1, -0.05) is 29.8 Å². The second kappa shape index (κ2) is 8.74. The van der Waals surface area contributed by atoms with Crippen LogP contribution in [0.1, 0.15) is 54.1 Å². The average molecular weight is 379 g/mol. The van der Waals surface area contributed by atoms with Gasteiger partial charge in [0.2, 0.25) is 0 Å². The summed E-state index contributed by atoms with van der Waals surface area (Å²) >= 11 is 0. The third kappa shape index (κ3) is 4.53. The van der Waals surface area contributed by atoms with Crippen LogP contribution < -0.4 is 5.32 Å². The molecular formula is C23H30N4O. The van der Waals surface area contributed by atoms with Crippen molar-refractivity contribution in [1.29, 1.82) is 0 Å². The highest BCUT2D eigenvalue weighted by Crippen LogP contribution is 2.27. The Hall–Kier alpha value is -2.40. The van der Waals surface area contributed by atoms with Gasteiger partial charge in [-0.15, -0.1) is 0 Å². The molecular weight excluding hydrogens is 348 g/mol. The van der Waals surface area contributed by atoms with Crippen LogP contribution in [0.2, 0.25) is 0 Å². The third-order valence-corrected chi connectivity index (χ3v) is 6.02. The first-order valence-corrected chi connectivity index (χ1v) is 10.5. The number of aromatic nitrogens is 2. The van der Waals surface area contributed by atoms with Crippen molar-refractivity contribution in [2.45, 2.75) is 45.1 Å². The van der Waals surface area contributed by atoms with Gasteiger partial charge in [-0.25, -0.2) is 4.68 Å². The third-order valence-electron chi connectivity index (χ3n) is 6.02. The SMILES string of the molecule is Cc1ccc(C(=O)Nc2ccnn2C2CCN(CC3CC=CCC3)CC2)cc1. The molecule has 1 aliphatic heterocycles. The molecule has 0 bridgehead atoms. The fourth-order valence-electron chi connectivity index (χ4n) is 4.33. The van der Waals surface area contributed by atoms with Crippen molar-refractivity contribution in [3.63, 3.8) is 0 Å². The lowest BCUT2D eigenvalue weighted by Crippen LogP contribution is -2.38. The van der Waals surface area contributed by atoms with E-state index in [0.29, 0.717) is 11.6 Å². The molecule has 1 N–H and O–H groups in total. The summed E-state index contributed by atoms with van der Waals surface area (Å²) in [7, 11) is 0. The molecule has 4 rings (SSSR count). The zero-order valence-corrected chi connectivity index (χ0v) is 16.7. The second-order valence-corrected chi connectivity index (χ2v) is 8.16. The number of anilines is 1. The van der Waals surface area contributed by atoms with Gasteiger partial charge in [0.25, 0.3) is 5.91 Å². The lowest BCUT2D eigenvalue weighted by molar-refractivity contribution is 0.102.